The number of phosphoric acid groups is 1. The summed E-state index contributed by atoms with van der Waals surface area (Å²) >= 11 is 0. The molecule has 0 radical (unpaired) electrons. The van der Waals surface area contributed by atoms with Gasteiger partial charge in [0.25, 0.3) is 0 Å². The summed E-state index contributed by atoms with van der Waals surface area (Å²) in [6.07, 6.45) is 0. The first-order chi connectivity index (χ1) is 11.2. The van der Waals surface area contributed by atoms with Gasteiger partial charge < -0.3 is 13.6 Å². The predicted octanol–water partition coefficient (Wildman–Crippen LogP) is 3.39. The number of hydrogen-bond donors (Lipinski definition) is 0. The zero-order valence-corrected chi connectivity index (χ0v) is 13.1. The van der Waals surface area contributed by atoms with Crippen molar-refractivity contribution in [2.75, 3.05) is 0 Å². The van der Waals surface area contributed by atoms with Crippen molar-refractivity contribution < 1.29 is 18.1 Å². The Balaban J connectivity index is 0.00000208. The van der Waals surface area contributed by atoms with E-state index in [2.05, 4.69) is 0 Å². The molecule has 0 saturated carbocycles. The predicted molar refractivity (Wildman–Crippen MR) is 110 cm³/mol. The van der Waals surface area contributed by atoms with E-state index in [0.29, 0.717) is 17.2 Å². The zero-order chi connectivity index (χ0) is 16.0. The monoisotopic (exact) mass is 446 g/mol. The molecular weight excluding hydrogens is 428 g/mol. The second kappa shape index (κ2) is 15.1. The quantitative estimate of drug-likeness (QED) is 0.430. The van der Waals surface area contributed by atoms with Crippen molar-refractivity contribution in [2.45, 2.75) is 0 Å². The van der Waals surface area contributed by atoms with Gasteiger partial charge in [0.15, 0.2) is 0 Å². The van der Waals surface area contributed by atoms with Crippen LogP contribution in [0.25, 0.3) is 0 Å². The van der Waals surface area contributed by atoms with Crippen LogP contribution in [0.4, 0.5) is 0 Å². The van der Waals surface area contributed by atoms with Gasteiger partial charge in [-0.05, 0) is 36.4 Å². The fourth-order valence-corrected chi connectivity index (χ4v) is 3.14. The van der Waals surface area contributed by atoms with Crippen LogP contribution in [0, 0.1) is 0 Å². The van der Waals surface area contributed by atoms with Crippen molar-refractivity contribution in [1.29, 1.82) is 0 Å². The van der Waals surface area contributed by atoms with Crippen LogP contribution < -0.4 is 13.6 Å². The average Bonchev–Trinajstić information content (AvgIpc) is 2.57. The summed E-state index contributed by atoms with van der Waals surface area (Å²) < 4.78 is 29.6. The molecule has 8 heteroatoms. The summed E-state index contributed by atoms with van der Waals surface area (Å²) in [5.41, 5.74) is 0. The fourth-order valence-electron chi connectivity index (χ4n) is 1.89. The molecule has 0 saturated heterocycles. The third-order valence-electron chi connectivity index (χ3n) is 2.88. The van der Waals surface area contributed by atoms with Crippen LogP contribution in [0.3, 0.4) is 0 Å². The van der Waals surface area contributed by atoms with Gasteiger partial charge in [-0.3, -0.25) is 0 Å². The molecule has 3 aromatic rings. The zero-order valence-electron chi connectivity index (χ0n) is 12.2. The Morgan fingerprint density at radius 3 is 0.923 bits per heavy atom. The van der Waals surface area contributed by atoms with Crippen LogP contribution in [0.15, 0.2) is 91.0 Å². The van der Waals surface area contributed by atoms with Gasteiger partial charge in [0, 0.05) is 0 Å². The van der Waals surface area contributed by atoms with Gasteiger partial charge in [0.05, 0.1) is 0 Å². The summed E-state index contributed by atoms with van der Waals surface area (Å²) in [7, 11) is -3.89. The Labute approximate surface area is 281 Å². The first-order valence-electron chi connectivity index (χ1n) is 7.07. The van der Waals surface area contributed by atoms with Crippen molar-refractivity contribution in [3.05, 3.63) is 91.0 Å². The van der Waals surface area contributed by atoms with Gasteiger partial charge in [0.1, 0.15) is 17.2 Å². The molecule has 0 atom stereocenters. The van der Waals surface area contributed by atoms with Crippen LogP contribution in [0.5, 0.6) is 17.2 Å². The number of para-hydroxylation sites is 3. The second-order valence-corrected chi connectivity index (χ2v) is 6.10. The number of benzene rings is 3. The van der Waals surface area contributed by atoms with E-state index < -0.39 is 7.82 Å². The van der Waals surface area contributed by atoms with Gasteiger partial charge in [-0.25, -0.2) is 0 Å². The molecule has 0 spiro atoms. The van der Waals surface area contributed by atoms with Crippen molar-refractivity contribution in [3.8, 4) is 17.2 Å². The Bertz CT molecular complexity index is 681. The second-order valence-electron chi connectivity index (χ2n) is 4.66. The van der Waals surface area contributed by atoms with E-state index in [1.165, 1.54) is 0 Å². The van der Waals surface area contributed by atoms with Gasteiger partial charge in [-0.2, -0.15) is 4.57 Å². The van der Waals surface area contributed by atoms with Crippen molar-refractivity contribution in [2.24, 2.45) is 0 Å². The number of rotatable bonds is 6. The third kappa shape index (κ3) is 9.80. The molecule has 0 N–H and O–H groups in total. The van der Waals surface area contributed by atoms with E-state index in [9.17, 15) is 4.57 Å². The Hall–Kier alpha value is 2.20. The topological polar surface area (TPSA) is 44.8 Å². The fraction of sp³-hybridized carbons (Fsp3) is 0. The van der Waals surface area contributed by atoms with E-state index >= 15 is 0 Å². The van der Waals surface area contributed by atoms with E-state index in [-0.39, 0.29) is 154 Å². The Kier molecular flexibility index (Phi) is 16.3. The molecule has 0 aliphatic carbocycles. The molecular formula is C18H18K3O4P. The van der Waals surface area contributed by atoms with E-state index in [1.807, 2.05) is 18.2 Å². The van der Waals surface area contributed by atoms with Crippen LogP contribution in [0.1, 0.15) is 0 Å². The molecule has 0 amide bonds. The summed E-state index contributed by atoms with van der Waals surface area (Å²) in [4.78, 5) is 0. The summed E-state index contributed by atoms with van der Waals surface area (Å²) in [5.74, 6) is 1.22. The van der Waals surface area contributed by atoms with Crippen molar-refractivity contribution in [1.82, 2.24) is 0 Å². The molecule has 0 aromatic heterocycles. The normalized spacial score (nSPS) is 9.54. The number of phosphoric ester groups is 1. The molecule has 0 aliphatic heterocycles. The molecule has 0 aliphatic rings. The molecule has 0 unspecified atom stereocenters. The van der Waals surface area contributed by atoms with Gasteiger partial charge >= 0.3 is 162 Å². The Morgan fingerprint density at radius 2 is 0.692 bits per heavy atom. The van der Waals surface area contributed by atoms with E-state index in [0.717, 1.165) is 0 Å². The summed E-state index contributed by atoms with van der Waals surface area (Å²) in [6, 6.07) is 26.4. The SMILES string of the molecule is O=P(Oc1ccccc1)(Oc1ccccc1)Oc1ccccc1.[KH].[KH].[KH]. The first-order valence-corrected chi connectivity index (χ1v) is 8.54. The van der Waals surface area contributed by atoms with Crippen molar-refractivity contribution in [3.63, 3.8) is 0 Å². The molecule has 26 heavy (non-hydrogen) atoms. The maximum atomic E-state index is 13.1. The molecule has 3 aromatic carbocycles. The Morgan fingerprint density at radius 1 is 0.462 bits per heavy atom. The number of hydrogen-bond acceptors (Lipinski definition) is 4. The molecule has 0 heterocycles. The summed E-state index contributed by atoms with van der Waals surface area (Å²) in [6.45, 7) is 0. The van der Waals surface area contributed by atoms with Crippen LogP contribution in [0.2, 0.25) is 0 Å². The van der Waals surface area contributed by atoms with E-state index in [4.69, 9.17) is 13.6 Å². The molecule has 3 rings (SSSR count). The first kappa shape index (κ1) is 28.2. The summed E-state index contributed by atoms with van der Waals surface area (Å²) in [5, 5.41) is 0. The maximum absolute atomic E-state index is 13.1. The minimum absolute atomic E-state index is 0. The molecule has 4 nitrogen and oxygen atoms in total. The molecule has 0 bridgehead atoms. The van der Waals surface area contributed by atoms with Crippen LogP contribution in [-0.4, -0.2) is 154 Å². The molecule has 0 fully saturated rings. The van der Waals surface area contributed by atoms with Gasteiger partial charge in [-0.1, -0.05) is 54.6 Å². The van der Waals surface area contributed by atoms with Crippen molar-refractivity contribution >= 4 is 162 Å². The minimum atomic E-state index is -3.89. The third-order valence-corrected chi connectivity index (χ3v) is 4.18. The van der Waals surface area contributed by atoms with Crippen LogP contribution in [-0.2, 0) is 4.57 Å². The molecule has 122 valence electrons. The van der Waals surface area contributed by atoms with E-state index in [1.54, 1.807) is 72.8 Å². The van der Waals surface area contributed by atoms with Gasteiger partial charge in [-0.15, -0.1) is 0 Å². The van der Waals surface area contributed by atoms with Gasteiger partial charge in [0.2, 0.25) is 0 Å². The standard InChI is InChI=1S/C18H15O4P.3K.3H/c19-23(20-16-10-4-1-5-11-16,21-17-12-6-2-7-13-17)22-18-14-8-3-9-15-18;;;;;;/h1-15H;;;;;;. The average molecular weight is 447 g/mol. The van der Waals surface area contributed by atoms with Crippen LogP contribution >= 0.6 is 7.82 Å².